The first-order valence-electron chi connectivity index (χ1n) is 7.67. The van der Waals surface area contributed by atoms with E-state index in [0.29, 0.717) is 5.96 Å². The highest BCUT2D eigenvalue weighted by atomic mass is 32.1. The fraction of sp³-hybridized carbons (Fsp3) is 0.353. The number of hydrogen-bond donors (Lipinski definition) is 1. The summed E-state index contributed by atoms with van der Waals surface area (Å²) in [5.41, 5.74) is 0.0376. The maximum atomic E-state index is 14.0. The Morgan fingerprint density at radius 2 is 2.12 bits per heavy atom. The summed E-state index contributed by atoms with van der Waals surface area (Å²) >= 11 is 1.68. The molecule has 0 fully saturated rings. The van der Waals surface area contributed by atoms with Gasteiger partial charge in [0.1, 0.15) is 11.6 Å². The number of ether oxygens (including phenoxy) is 1. The lowest BCUT2D eigenvalue weighted by Crippen LogP contribution is -2.39. The van der Waals surface area contributed by atoms with Gasteiger partial charge in [-0.1, -0.05) is 12.1 Å². The van der Waals surface area contributed by atoms with Crippen molar-refractivity contribution in [1.82, 2.24) is 10.2 Å². The number of alkyl halides is 2. The lowest BCUT2D eigenvalue weighted by Gasteiger charge is -2.22. The number of nitrogens with zero attached hydrogens (tertiary/aromatic N) is 2. The number of guanidine groups is 1. The van der Waals surface area contributed by atoms with Crippen molar-refractivity contribution in [2.75, 3.05) is 20.6 Å². The molecule has 0 unspecified atom stereocenters. The van der Waals surface area contributed by atoms with E-state index >= 15 is 0 Å². The van der Waals surface area contributed by atoms with Gasteiger partial charge in [0.15, 0.2) is 5.96 Å². The summed E-state index contributed by atoms with van der Waals surface area (Å²) in [7, 11) is 3.47. The van der Waals surface area contributed by atoms with Crippen molar-refractivity contribution < 1.29 is 17.9 Å². The van der Waals surface area contributed by atoms with Crippen molar-refractivity contribution in [2.24, 2.45) is 4.99 Å². The summed E-state index contributed by atoms with van der Waals surface area (Å²) in [6.45, 7) is -2.30. The summed E-state index contributed by atoms with van der Waals surface area (Å²) in [6.07, 6.45) is 0.855. The van der Waals surface area contributed by atoms with Crippen molar-refractivity contribution >= 4 is 17.3 Å². The number of likely N-dealkylation sites (N-methyl/N-ethyl adjacent to an activating group) is 1. The van der Waals surface area contributed by atoms with Crippen LogP contribution < -0.4 is 10.1 Å². The van der Waals surface area contributed by atoms with Crippen molar-refractivity contribution in [2.45, 2.75) is 19.6 Å². The van der Waals surface area contributed by atoms with Gasteiger partial charge in [0.2, 0.25) is 0 Å². The van der Waals surface area contributed by atoms with Gasteiger partial charge in [0.05, 0.1) is 0 Å². The topological polar surface area (TPSA) is 36.9 Å². The lowest BCUT2D eigenvalue weighted by molar-refractivity contribution is -0.0506. The van der Waals surface area contributed by atoms with Crippen LogP contribution in [0.2, 0.25) is 0 Å². The molecule has 4 nitrogen and oxygen atoms in total. The highest BCUT2D eigenvalue weighted by Crippen LogP contribution is 2.23. The Morgan fingerprint density at radius 1 is 1.32 bits per heavy atom. The van der Waals surface area contributed by atoms with Crippen LogP contribution in [0.3, 0.4) is 0 Å². The number of aliphatic imine (C=N–C) groups is 1. The van der Waals surface area contributed by atoms with Gasteiger partial charge in [-0.15, -0.1) is 11.3 Å². The first kappa shape index (κ1) is 19.1. The van der Waals surface area contributed by atoms with E-state index in [2.05, 4.69) is 21.1 Å². The van der Waals surface area contributed by atoms with Crippen molar-refractivity contribution in [3.05, 3.63) is 52.0 Å². The highest BCUT2D eigenvalue weighted by molar-refractivity contribution is 7.09. The van der Waals surface area contributed by atoms with Crippen molar-refractivity contribution in [1.29, 1.82) is 0 Å². The maximum Gasteiger partial charge on any atom is 0.387 e. The van der Waals surface area contributed by atoms with Gasteiger partial charge in [-0.2, -0.15) is 8.78 Å². The van der Waals surface area contributed by atoms with E-state index in [1.807, 2.05) is 23.4 Å². The zero-order chi connectivity index (χ0) is 18.2. The van der Waals surface area contributed by atoms with E-state index < -0.39 is 12.4 Å². The SMILES string of the molecule is CN=C(NCc1c(F)cccc1OC(F)F)N(C)CCc1cccs1. The molecule has 0 aliphatic carbocycles. The summed E-state index contributed by atoms with van der Waals surface area (Å²) in [5, 5.41) is 5.00. The second-order valence-corrected chi connectivity index (χ2v) is 6.28. The van der Waals surface area contributed by atoms with Gasteiger partial charge in [0.25, 0.3) is 0 Å². The first-order chi connectivity index (χ1) is 12.0. The van der Waals surface area contributed by atoms with Crippen molar-refractivity contribution in [3.8, 4) is 5.75 Å². The first-order valence-corrected chi connectivity index (χ1v) is 8.55. The zero-order valence-electron chi connectivity index (χ0n) is 14.0. The largest absolute Gasteiger partial charge is 0.434 e. The maximum absolute atomic E-state index is 14.0. The molecule has 0 saturated carbocycles. The van der Waals surface area contributed by atoms with Crippen LogP contribution in [0.5, 0.6) is 5.75 Å². The Morgan fingerprint density at radius 3 is 2.76 bits per heavy atom. The third kappa shape index (κ3) is 5.67. The Hall–Kier alpha value is -2.22. The van der Waals surface area contributed by atoms with E-state index in [1.54, 1.807) is 18.4 Å². The van der Waals surface area contributed by atoms with Gasteiger partial charge in [-0.05, 0) is 30.0 Å². The van der Waals surface area contributed by atoms with Crippen LogP contribution in [0.4, 0.5) is 13.2 Å². The number of benzene rings is 1. The zero-order valence-corrected chi connectivity index (χ0v) is 14.8. The molecule has 2 aromatic rings. The quantitative estimate of drug-likeness (QED) is 0.595. The number of halogens is 3. The molecule has 0 aliphatic rings. The molecule has 0 radical (unpaired) electrons. The van der Waals surface area contributed by atoms with Crippen molar-refractivity contribution in [3.63, 3.8) is 0 Å². The van der Waals surface area contributed by atoms with Gasteiger partial charge in [0, 0.05) is 37.6 Å². The Kier molecular flexibility index (Phi) is 7.12. The Bertz CT molecular complexity index is 692. The van der Waals surface area contributed by atoms with Crippen LogP contribution >= 0.6 is 11.3 Å². The third-order valence-electron chi connectivity index (χ3n) is 3.56. The molecule has 0 bridgehead atoms. The molecule has 25 heavy (non-hydrogen) atoms. The molecule has 0 spiro atoms. The van der Waals surface area contributed by atoms with Gasteiger partial charge >= 0.3 is 6.61 Å². The number of rotatable bonds is 7. The predicted octanol–water partition coefficient (Wildman–Crippen LogP) is 3.74. The summed E-state index contributed by atoms with van der Waals surface area (Å²) < 4.78 is 43.3. The molecule has 0 saturated heterocycles. The molecule has 0 amide bonds. The van der Waals surface area contributed by atoms with Gasteiger partial charge in [-0.25, -0.2) is 4.39 Å². The summed E-state index contributed by atoms with van der Waals surface area (Å²) in [5.74, 6) is -0.246. The average molecular weight is 371 g/mol. The normalized spacial score (nSPS) is 11.7. The summed E-state index contributed by atoms with van der Waals surface area (Å²) in [4.78, 5) is 7.30. The van der Waals surface area contributed by atoms with E-state index in [9.17, 15) is 13.2 Å². The molecule has 1 aromatic carbocycles. The predicted molar refractivity (Wildman–Crippen MR) is 93.9 cm³/mol. The second kappa shape index (κ2) is 9.31. The molecule has 8 heteroatoms. The Labute approximate surface area is 148 Å². The molecule has 1 heterocycles. The monoisotopic (exact) mass is 371 g/mol. The van der Waals surface area contributed by atoms with Gasteiger partial charge in [-0.3, -0.25) is 4.99 Å². The van der Waals surface area contributed by atoms with E-state index in [1.165, 1.54) is 23.1 Å². The molecule has 1 aromatic heterocycles. The smallest absolute Gasteiger partial charge is 0.387 e. The van der Waals surface area contributed by atoms with Crippen LogP contribution in [0.25, 0.3) is 0 Å². The Balaban J connectivity index is 1.98. The van der Waals surface area contributed by atoms with Gasteiger partial charge < -0.3 is 15.0 Å². The average Bonchev–Trinajstić information content (AvgIpc) is 3.08. The van der Waals surface area contributed by atoms with Crippen LogP contribution in [0.15, 0.2) is 40.7 Å². The standard InChI is InChI=1S/C17H20F3N3OS/c1-21-17(23(2)9-8-12-5-4-10-25-12)22-11-13-14(18)6-3-7-15(13)24-16(19)20/h3-7,10,16H,8-9,11H2,1-2H3,(H,21,22). The van der Waals surface area contributed by atoms with E-state index in [-0.39, 0.29) is 17.9 Å². The lowest BCUT2D eigenvalue weighted by atomic mass is 10.2. The molecular weight excluding hydrogens is 351 g/mol. The minimum atomic E-state index is -3.01. The fourth-order valence-electron chi connectivity index (χ4n) is 2.31. The van der Waals surface area contributed by atoms with Crippen LogP contribution in [-0.4, -0.2) is 38.1 Å². The van der Waals surface area contributed by atoms with Crippen LogP contribution in [0, 0.1) is 5.82 Å². The summed E-state index contributed by atoms with van der Waals surface area (Å²) in [6, 6.07) is 7.91. The third-order valence-corrected chi connectivity index (χ3v) is 4.50. The molecule has 1 N–H and O–H groups in total. The minimum absolute atomic E-state index is 0.00918. The molecule has 0 aliphatic heterocycles. The molecular formula is C17H20F3N3OS. The number of nitrogens with one attached hydrogen (secondary N) is 1. The van der Waals surface area contributed by atoms with E-state index in [4.69, 9.17) is 0 Å². The molecule has 2 rings (SSSR count). The number of thiophene rings is 1. The van der Waals surface area contributed by atoms with Crippen LogP contribution in [-0.2, 0) is 13.0 Å². The highest BCUT2D eigenvalue weighted by Gasteiger charge is 2.15. The molecule has 136 valence electrons. The minimum Gasteiger partial charge on any atom is -0.434 e. The fourth-order valence-corrected chi connectivity index (χ4v) is 3.01. The van der Waals surface area contributed by atoms with Crippen LogP contribution in [0.1, 0.15) is 10.4 Å². The second-order valence-electron chi connectivity index (χ2n) is 5.25. The number of hydrogen-bond acceptors (Lipinski definition) is 3. The molecule has 0 atom stereocenters. The van der Waals surface area contributed by atoms with E-state index in [0.717, 1.165) is 13.0 Å².